The number of halogens is 4. The topological polar surface area (TPSA) is 36.7 Å². The molecule has 2 aromatic carbocycles. The molecule has 0 saturated carbocycles. The summed E-state index contributed by atoms with van der Waals surface area (Å²) < 4.78 is 0. The smallest absolute Gasteiger partial charge is 0.0760 e. The van der Waals surface area contributed by atoms with Gasteiger partial charge in [0.15, 0.2) is 0 Å². The largest absolute Gasteiger partial charge is 0.255 e. The number of hydrogen-bond acceptors (Lipinski definition) is 2. The maximum atomic E-state index is 9.19. The molecule has 6 heteroatoms. The van der Waals surface area contributed by atoms with Crippen LogP contribution in [0.15, 0.2) is 48.7 Å². The van der Waals surface area contributed by atoms with Gasteiger partial charge < -0.3 is 0 Å². The van der Waals surface area contributed by atoms with Crippen molar-refractivity contribution in [2.24, 2.45) is 0 Å². The van der Waals surface area contributed by atoms with E-state index in [2.05, 4.69) is 11.1 Å². The highest BCUT2D eigenvalue weighted by atomic mass is 35.5. The number of hydrogen-bond donors (Lipinski definition) is 0. The van der Waals surface area contributed by atoms with E-state index in [4.69, 9.17) is 46.4 Å². The van der Waals surface area contributed by atoms with Crippen LogP contribution < -0.4 is 0 Å². The molecule has 1 heterocycles. The summed E-state index contributed by atoms with van der Waals surface area (Å²) in [4.78, 5) is 4.52. The van der Waals surface area contributed by atoms with Gasteiger partial charge in [-0.2, -0.15) is 5.26 Å². The summed E-state index contributed by atoms with van der Waals surface area (Å²) in [7, 11) is 0. The lowest BCUT2D eigenvalue weighted by molar-refractivity contribution is 1.20. The van der Waals surface area contributed by atoms with E-state index >= 15 is 0 Å². The predicted molar refractivity (Wildman–Crippen MR) is 104 cm³/mol. The number of aromatic nitrogens is 1. The van der Waals surface area contributed by atoms with Crippen LogP contribution >= 0.6 is 46.4 Å². The molecule has 0 aliphatic rings. The zero-order chi connectivity index (χ0) is 18.0. The summed E-state index contributed by atoms with van der Waals surface area (Å²) in [6, 6.07) is 14.7. The Labute approximate surface area is 165 Å². The first-order chi connectivity index (χ1) is 12.0. The maximum Gasteiger partial charge on any atom is 0.0760 e. The van der Waals surface area contributed by atoms with Gasteiger partial charge in [-0.05, 0) is 23.8 Å². The summed E-state index contributed by atoms with van der Waals surface area (Å²) >= 11 is 24.8. The summed E-state index contributed by atoms with van der Waals surface area (Å²) in [5, 5.41) is 10.9. The molecule has 25 heavy (non-hydrogen) atoms. The maximum absolute atomic E-state index is 9.19. The van der Waals surface area contributed by atoms with Crippen LogP contribution in [0.2, 0.25) is 20.1 Å². The normalized spacial score (nSPS) is 10.5. The Morgan fingerprint density at radius 1 is 0.880 bits per heavy atom. The van der Waals surface area contributed by atoms with E-state index in [9.17, 15) is 5.26 Å². The molecular formula is C19H10Cl4N2. The van der Waals surface area contributed by atoms with E-state index in [0.29, 0.717) is 31.3 Å². The molecule has 1 aromatic heterocycles. The lowest BCUT2D eigenvalue weighted by Crippen LogP contribution is -1.95. The van der Waals surface area contributed by atoms with Gasteiger partial charge in [-0.3, -0.25) is 4.98 Å². The van der Waals surface area contributed by atoms with E-state index < -0.39 is 0 Å². The first kappa shape index (κ1) is 18.0. The number of pyridine rings is 1. The van der Waals surface area contributed by atoms with Crippen LogP contribution in [0.5, 0.6) is 0 Å². The SMILES string of the molecule is N#CCc1cc(-c2cccc(Cl)c2Cl)cnc1-c1cccc(Cl)c1Cl. The quantitative estimate of drug-likeness (QED) is 0.464. The van der Waals surface area contributed by atoms with Gasteiger partial charge in [0.25, 0.3) is 0 Å². The molecule has 0 amide bonds. The number of nitriles is 1. The minimum Gasteiger partial charge on any atom is -0.255 e. The number of nitrogens with zero attached hydrogens (tertiary/aromatic N) is 2. The van der Waals surface area contributed by atoms with Gasteiger partial charge in [-0.25, -0.2) is 0 Å². The molecule has 0 bridgehead atoms. The molecule has 124 valence electrons. The Balaban J connectivity index is 2.19. The molecule has 3 rings (SSSR count). The highest BCUT2D eigenvalue weighted by molar-refractivity contribution is 6.44. The van der Waals surface area contributed by atoms with E-state index in [-0.39, 0.29) is 6.42 Å². The Morgan fingerprint density at radius 2 is 1.48 bits per heavy atom. The lowest BCUT2D eigenvalue weighted by Gasteiger charge is -2.12. The highest BCUT2D eigenvalue weighted by Crippen LogP contribution is 2.37. The van der Waals surface area contributed by atoms with Crippen LogP contribution in [0.1, 0.15) is 5.56 Å². The van der Waals surface area contributed by atoms with Crippen molar-refractivity contribution in [3.63, 3.8) is 0 Å². The van der Waals surface area contributed by atoms with Crippen LogP contribution in [-0.2, 0) is 6.42 Å². The second-order valence-corrected chi connectivity index (χ2v) is 6.84. The highest BCUT2D eigenvalue weighted by Gasteiger charge is 2.15. The van der Waals surface area contributed by atoms with Gasteiger partial charge >= 0.3 is 0 Å². The van der Waals surface area contributed by atoms with Crippen molar-refractivity contribution in [2.45, 2.75) is 6.42 Å². The fraction of sp³-hybridized carbons (Fsp3) is 0.0526. The molecule has 3 aromatic rings. The summed E-state index contributed by atoms with van der Waals surface area (Å²) in [5.74, 6) is 0. The van der Waals surface area contributed by atoms with Crippen molar-refractivity contribution in [1.82, 2.24) is 4.98 Å². The van der Waals surface area contributed by atoms with E-state index in [0.717, 1.165) is 16.7 Å². The minimum absolute atomic E-state index is 0.178. The third-order valence-electron chi connectivity index (χ3n) is 3.71. The standard InChI is InChI=1S/C19H10Cl4N2/c20-15-5-1-3-13(17(15)22)12-9-11(7-8-24)19(25-10-12)14-4-2-6-16(21)18(14)23/h1-6,9-10H,7H2. The van der Waals surface area contributed by atoms with Crippen molar-refractivity contribution in [3.8, 4) is 28.5 Å². The Morgan fingerprint density at radius 3 is 2.12 bits per heavy atom. The molecule has 0 N–H and O–H groups in total. The molecule has 0 aliphatic carbocycles. The van der Waals surface area contributed by atoms with Crippen LogP contribution in [0.3, 0.4) is 0 Å². The average molecular weight is 408 g/mol. The first-order valence-corrected chi connectivity index (χ1v) is 8.78. The lowest BCUT2D eigenvalue weighted by atomic mass is 9.99. The van der Waals surface area contributed by atoms with E-state index in [1.807, 2.05) is 24.3 Å². The van der Waals surface area contributed by atoms with Crippen LogP contribution in [0.4, 0.5) is 0 Å². The van der Waals surface area contributed by atoms with Gasteiger partial charge in [0.2, 0.25) is 0 Å². The third-order valence-corrected chi connectivity index (χ3v) is 5.34. The molecule has 0 atom stereocenters. The Kier molecular flexibility index (Phi) is 5.51. The van der Waals surface area contributed by atoms with Gasteiger partial charge in [0.1, 0.15) is 0 Å². The van der Waals surface area contributed by atoms with Crippen LogP contribution in [-0.4, -0.2) is 4.98 Å². The predicted octanol–water partition coefficient (Wildman–Crippen LogP) is 7.10. The molecule has 0 saturated heterocycles. The molecule has 0 spiro atoms. The van der Waals surface area contributed by atoms with E-state index in [1.54, 1.807) is 24.4 Å². The number of rotatable bonds is 3. The van der Waals surface area contributed by atoms with Crippen molar-refractivity contribution >= 4 is 46.4 Å². The molecule has 0 radical (unpaired) electrons. The zero-order valence-electron chi connectivity index (χ0n) is 12.7. The summed E-state index contributed by atoms with van der Waals surface area (Å²) in [5.41, 5.74) is 3.57. The van der Waals surface area contributed by atoms with Crippen molar-refractivity contribution < 1.29 is 0 Å². The fourth-order valence-electron chi connectivity index (χ4n) is 2.53. The van der Waals surface area contributed by atoms with Crippen LogP contribution in [0.25, 0.3) is 22.4 Å². The second kappa shape index (κ2) is 7.64. The molecule has 0 fully saturated rings. The number of benzene rings is 2. The van der Waals surface area contributed by atoms with Gasteiger partial charge in [-0.1, -0.05) is 70.7 Å². The van der Waals surface area contributed by atoms with Crippen molar-refractivity contribution in [2.75, 3.05) is 0 Å². The molecular weight excluding hydrogens is 398 g/mol. The summed E-state index contributed by atoms with van der Waals surface area (Å²) in [6.45, 7) is 0. The average Bonchev–Trinajstić information content (AvgIpc) is 2.60. The van der Waals surface area contributed by atoms with Crippen molar-refractivity contribution in [1.29, 1.82) is 5.26 Å². The second-order valence-electron chi connectivity index (χ2n) is 5.27. The van der Waals surface area contributed by atoms with Gasteiger partial charge in [0.05, 0.1) is 38.3 Å². The van der Waals surface area contributed by atoms with Crippen molar-refractivity contribution in [3.05, 3.63) is 74.3 Å². The third kappa shape index (κ3) is 3.61. The molecule has 0 unspecified atom stereocenters. The molecule has 0 aliphatic heterocycles. The fourth-order valence-corrected chi connectivity index (χ4v) is 3.33. The monoisotopic (exact) mass is 406 g/mol. The Bertz CT molecular complexity index is 993. The minimum atomic E-state index is 0.178. The van der Waals surface area contributed by atoms with Gasteiger partial charge in [-0.15, -0.1) is 0 Å². The first-order valence-electron chi connectivity index (χ1n) is 7.27. The zero-order valence-corrected chi connectivity index (χ0v) is 15.8. The van der Waals surface area contributed by atoms with Crippen LogP contribution in [0, 0.1) is 11.3 Å². The Hall–Kier alpha value is -1.76. The summed E-state index contributed by atoms with van der Waals surface area (Å²) in [6.07, 6.45) is 1.86. The van der Waals surface area contributed by atoms with E-state index in [1.165, 1.54) is 0 Å². The van der Waals surface area contributed by atoms with Gasteiger partial charge in [0, 0.05) is 22.9 Å². The molecule has 2 nitrogen and oxygen atoms in total.